The van der Waals surface area contributed by atoms with Crippen LogP contribution < -0.4 is 0 Å². The van der Waals surface area contributed by atoms with Crippen molar-refractivity contribution in [3.63, 3.8) is 0 Å². The molecule has 0 radical (unpaired) electrons. The minimum Gasteiger partial charge on any atom is -0.0887 e. The van der Waals surface area contributed by atoms with Crippen molar-refractivity contribution < 1.29 is 0 Å². The van der Waals surface area contributed by atoms with E-state index in [9.17, 15) is 0 Å². The number of rotatable bonds is 6. The number of benzene rings is 7. The molecule has 2 aliphatic rings. The van der Waals surface area contributed by atoms with Gasteiger partial charge in [0.05, 0.1) is 0 Å². The van der Waals surface area contributed by atoms with Crippen LogP contribution in [0.5, 0.6) is 0 Å². The molecule has 0 saturated heterocycles. The van der Waals surface area contributed by atoms with E-state index in [4.69, 9.17) is 0 Å². The Balaban J connectivity index is 0.000000208. The van der Waals surface area contributed by atoms with Crippen LogP contribution in [0.2, 0.25) is 0 Å². The smallest absolute Gasteiger partial charge is 0.00865 e. The van der Waals surface area contributed by atoms with Crippen LogP contribution in [0, 0.1) is 6.92 Å². The van der Waals surface area contributed by atoms with Gasteiger partial charge in [0.15, 0.2) is 0 Å². The average Bonchev–Trinajstić information content (AvgIpc) is 3.24. The molecule has 2 unspecified atom stereocenters. The Labute approximate surface area is 336 Å². The Morgan fingerprint density at radius 3 is 1.23 bits per heavy atom. The molecule has 0 amide bonds. The molecule has 1 saturated carbocycles. The standard InChI is InChI=1S/C37H32.C13H12.C6H12/c1-24(2)25-8-10-27(11-9-25)28-12-14-29(15-13-28)31-17-19-35-33-21-20-32(33)34-18-16-30(22-36(34)37(35)23-31)26-6-4-3-5-7-26;1-11-7-9-13(10-8-11)12-5-3-2-4-6-12;1-4-6(3)5-2/h3-19,22-24,32-33H,20-21H2,1-2H3;2-10H,1H3;4H,5H2,1-3H3/b;;6-4+. The monoisotopic (exact) mass is 728 g/mol. The Hall–Kier alpha value is -5.72. The van der Waals surface area contributed by atoms with Gasteiger partial charge in [-0.25, -0.2) is 0 Å². The maximum Gasteiger partial charge on any atom is -0.00865 e. The second-order valence-electron chi connectivity index (χ2n) is 15.8. The van der Waals surface area contributed by atoms with Crippen LogP contribution >= 0.6 is 0 Å². The van der Waals surface area contributed by atoms with Crippen LogP contribution in [0.4, 0.5) is 0 Å². The Kier molecular flexibility index (Phi) is 12.3. The van der Waals surface area contributed by atoms with Gasteiger partial charge in [-0.05, 0) is 142 Å². The quantitative estimate of drug-likeness (QED) is 0.150. The SMILES string of the molecule is C/C=C(\C)CC.CC(C)c1ccc(-c2ccc(-c3ccc4c(c3)-c3cc(-c5ccccc5)ccc3C3CCC43)cc2)cc1.Cc1ccc(-c2ccccc2)cc1. The van der Waals surface area contributed by atoms with Crippen LogP contribution in [0.25, 0.3) is 55.6 Å². The summed E-state index contributed by atoms with van der Waals surface area (Å²) in [5.74, 6) is 1.92. The van der Waals surface area contributed by atoms with E-state index in [1.54, 1.807) is 11.1 Å². The van der Waals surface area contributed by atoms with Crippen LogP contribution in [-0.4, -0.2) is 0 Å². The van der Waals surface area contributed by atoms with Gasteiger partial charge in [0.2, 0.25) is 0 Å². The van der Waals surface area contributed by atoms with Crippen LogP contribution in [-0.2, 0) is 0 Å². The molecule has 2 atom stereocenters. The maximum absolute atomic E-state index is 2.45. The highest BCUT2D eigenvalue weighted by atomic mass is 14.4. The summed E-state index contributed by atoms with van der Waals surface area (Å²) in [4.78, 5) is 0. The van der Waals surface area contributed by atoms with Crippen LogP contribution in [0.1, 0.15) is 93.9 Å². The predicted octanol–water partition coefficient (Wildman–Crippen LogP) is 16.5. The van der Waals surface area contributed by atoms with Gasteiger partial charge in [0.1, 0.15) is 0 Å². The van der Waals surface area contributed by atoms with Crippen molar-refractivity contribution in [1.29, 1.82) is 0 Å². The molecule has 280 valence electrons. The highest BCUT2D eigenvalue weighted by Gasteiger charge is 2.40. The number of fused-ring (bicyclic) bond motifs is 6. The minimum absolute atomic E-state index is 0.560. The van der Waals surface area contributed by atoms with E-state index in [0.717, 1.165) is 0 Å². The Bertz CT molecular complexity index is 2360. The van der Waals surface area contributed by atoms with Gasteiger partial charge in [0.25, 0.3) is 0 Å². The summed E-state index contributed by atoms with van der Waals surface area (Å²) < 4.78 is 0. The van der Waals surface area contributed by atoms with E-state index in [0.29, 0.717) is 17.8 Å². The van der Waals surface area contributed by atoms with Gasteiger partial charge >= 0.3 is 0 Å². The van der Waals surface area contributed by atoms with E-state index in [-0.39, 0.29) is 0 Å². The molecule has 0 spiro atoms. The molecule has 0 heterocycles. The number of hydrogen-bond donors (Lipinski definition) is 0. The number of aryl methyl sites for hydroxylation is 1. The molecule has 7 aromatic rings. The number of hydrogen-bond acceptors (Lipinski definition) is 0. The van der Waals surface area contributed by atoms with Crippen LogP contribution in [0.3, 0.4) is 0 Å². The molecular formula is C56H56. The van der Waals surface area contributed by atoms with Gasteiger partial charge in [-0.2, -0.15) is 0 Å². The van der Waals surface area contributed by atoms with Gasteiger partial charge in [-0.15, -0.1) is 0 Å². The lowest BCUT2D eigenvalue weighted by atomic mass is 9.60. The van der Waals surface area contributed by atoms with Crippen molar-refractivity contribution in [2.75, 3.05) is 0 Å². The second-order valence-corrected chi connectivity index (χ2v) is 15.8. The third kappa shape index (κ3) is 8.72. The van der Waals surface area contributed by atoms with Crippen molar-refractivity contribution in [2.45, 2.75) is 78.6 Å². The highest BCUT2D eigenvalue weighted by molar-refractivity contribution is 5.84. The fourth-order valence-corrected chi connectivity index (χ4v) is 7.96. The molecule has 7 aromatic carbocycles. The molecule has 1 fully saturated rings. The summed E-state index contributed by atoms with van der Waals surface area (Å²) in [6.07, 6.45) is 5.95. The Morgan fingerprint density at radius 1 is 0.500 bits per heavy atom. The second kappa shape index (κ2) is 17.8. The molecule has 0 aliphatic heterocycles. The minimum atomic E-state index is 0.560. The first-order chi connectivity index (χ1) is 27.3. The van der Waals surface area contributed by atoms with E-state index in [1.165, 1.54) is 91.6 Å². The van der Waals surface area contributed by atoms with E-state index >= 15 is 0 Å². The van der Waals surface area contributed by atoms with Crippen LogP contribution in [0.15, 0.2) is 182 Å². The summed E-state index contributed by atoms with van der Waals surface area (Å²) >= 11 is 0. The molecular weight excluding hydrogens is 673 g/mol. The summed E-state index contributed by atoms with van der Waals surface area (Å²) in [6, 6.07) is 62.3. The summed E-state index contributed by atoms with van der Waals surface area (Å²) in [5, 5.41) is 0. The van der Waals surface area contributed by atoms with Gasteiger partial charge < -0.3 is 0 Å². The maximum atomic E-state index is 2.45. The fraction of sp³-hybridized carbons (Fsp3) is 0.214. The molecule has 2 aliphatic carbocycles. The molecule has 0 heteroatoms. The van der Waals surface area contributed by atoms with Crippen molar-refractivity contribution >= 4 is 0 Å². The predicted molar refractivity (Wildman–Crippen MR) is 243 cm³/mol. The largest absolute Gasteiger partial charge is 0.0887 e. The molecule has 0 bridgehead atoms. The zero-order valence-corrected chi connectivity index (χ0v) is 34.1. The first-order valence-electron chi connectivity index (χ1n) is 20.6. The first kappa shape index (κ1) is 38.6. The highest BCUT2D eigenvalue weighted by Crippen LogP contribution is 2.58. The van der Waals surface area contributed by atoms with Crippen molar-refractivity contribution in [3.8, 4) is 55.6 Å². The first-order valence-corrected chi connectivity index (χ1v) is 20.6. The molecule has 0 nitrogen and oxygen atoms in total. The van der Waals surface area contributed by atoms with E-state index in [1.807, 2.05) is 6.07 Å². The van der Waals surface area contributed by atoms with Crippen molar-refractivity contribution in [3.05, 3.63) is 204 Å². The zero-order valence-electron chi connectivity index (χ0n) is 34.1. The number of allylic oxidation sites excluding steroid dienone is 2. The van der Waals surface area contributed by atoms with E-state index in [2.05, 4.69) is 211 Å². The zero-order chi connectivity index (χ0) is 39.0. The molecule has 0 N–H and O–H groups in total. The lowest BCUT2D eigenvalue weighted by Gasteiger charge is -2.43. The van der Waals surface area contributed by atoms with Crippen molar-refractivity contribution in [2.24, 2.45) is 0 Å². The lowest BCUT2D eigenvalue weighted by Crippen LogP contribution is -2.26. The molecule has 9 rings (SSSR count). The van der Waals surface area contributed by atoms with Crippen molar-refractivity contribution in [1.82, 2.24) is 0 Å². The summed E-state index contributed by atoms with van der Waals surface area (Å²) in [7, 11) is 0. The summed E-state index contributed by atoms with van der Waals surface area (Å²) in [6.45, 7) is 13.0. The third-order valence-corrected chi connectivity index (χ3v) is 11.9. The van der Waals surface area contributed by atoms with Gasteiger partial charge in [0, 0.05) is 0 Å². The topological polar surface area (TPSA) is 0 Å². The summed E-state index contributed by atoms with van der Waals surface area (Å²) in [5.41, 5.74) is 20.4. The van der Waals surface area contributed by atoms with E-state index < -0.39 is 0 Å². The lowest BCUT2D eigenvalue weighted by molar-refractivity contribution is 0.343. The molecule has 56 heavy (non-hydrogen) atoms. The average molecular weight is 729 g/mol. The third-order valence-electron chi connectivity index (χ3n) is 11.9. The van der Waals surface area contributed by atoms with Gasteiger partial charge in [-0.1, -0.05) is 196 Å². The fourth-order valence-electron chi connectivity index (χ4n) is 7.96. The normalized spacial score (nSPS) is 15.2. The Morgan fingerprint density at radius 2 is 0.857 bits per heavy atom. The van der Waals surface area contributed by atoms with Gasteiger partial charge in [-0.3, -0.25) is 0 Å². The molecule has 0 aromatic heterocycles.